The lowest BCUT2D eigenvalue weighted by Gasteiger charge is -2.25. The average Bonchev–Trinajstić information content (AvgIpc) is 2.30. The number of fused-ring (bicyclic) bond motifs is 8. The largest absolute Gasteiger partial charge is 0.493 e. The van der Waals surface area contributed by atoms with Crippen molar-refractivity contribution in [2.24, 2.45) is 0 Å². The van der Waals surface area contributed by atoms with Crippen LogP contribution in [0.25, 0.3) is 0 Å². The molecule has 0 atom stereocenters. The van der Waals surface area contributed by atoms with Crippen LogP contribution in [0.5, 0.6) is 23.0 Å². The average molecular weight is 1170 g/mol. The van der Waals surface area contributed by atoms with Gasteiger partial charge < -0.3 is 42.6 Å². The summed E-state index contributed by atoms with van der Waals surface area (Å²) in [4.78, 5) is 76.3. The number of ether oxygens (including phenoxy) is 9. The normalized spacial score (nSPS) is 11.6. The van der Waals surface area contributed by atoms with E-state index in [-0.39, 0.29) is 64.3 Å². The van der Waals surface area contributed by atoms with Gasteiger partial charge in [-0.3, -0.25) is 19.2 Å². The standard InChI is InChI=1S/C70H92O15/c1-9-15-19-23-27-78-67-54-32-50(45-82-62(72)13-5)34-56(67)42-60-38-53(48-85-66(76)44-64(74)77-8)39-61(70(60)81-30-26-22-18-12-4)43-57-35-51(46-83-63(73)14-6)33-55(68(57)79-28-24-20-16-10-2)41-59-37-52(47-84-65(75)31-49(7)71)36-58(40-54)69(59)80-29-25-21-17-11-3/h13-14,32-39H,5-6,9-12,15-31,40-48H2,1-4,7-8H3. The molecule has 0 aromatic heterocycles. The number of hydrogen-bond acceptors (Lipinski definition) is 15. The zero-order valence-electron chi connectivity index (χ0n) is 51.5. The first-order valence-corrected chi connectivity index (χ1v) is 30.8. The van der Waals surface area contributed by atoms with Crippen molar-refractivity contribution in [2.75, 3.05) is 33.5 Å². The van der Waals surface area contributed by atoms with Crippen LogP contribution in [0.4, 0.5) is 0 Å². The molecule has 0 fully saturated rings. The van der Waals surface area contributed by atoms with Gasteiger partial charge in [0.25, 0.3) is 0 Å². The van der Waals surface area contributed by atoms with Crippen LogP contribution in [-0.2, 0) is 105 Å². The van der Waals surface area contributed by atoms with Crippen LogP contribution in [0.15, 0.2) is 73.8 Å². The predicted molar refractivity (Wildman–Crippen MR) is 327 cm³/mol. The molecule has 1 aliphatic carbocycles. The lowest BCUT2D eigenvalue weighted by Crippen LogP contribution is -2.14. The summed E-state index contributed by atoms with van der Waals surface area (Å²) in [7, 11) is 1.22. The van der Waals surface area contributed by atoms with Crippen LogP contribution < -0.4 is 18.9 Å². The number of esters is 5. The maximum absolute atomic E-state index is 13.2. The van der Waals surface area contributed by atoms with Gasteiger partial charge in [-0.1, -0.05) is 118 Å². The predicted octanol–water partition coefficient (Wildman–Crippen LogP) is 14.3. The van der Waals surface area contributed by atoms with E-state index in [9.17, 15) is 28.8 Å². The molecule has 15 heteroatoms. The molecular formula is C70H92O15. The van der Waals surface area contributed by atoms with Crippen LogP contribution in [0.3, 0.4) is 0 Å². The molecule has 0 heterocycles. The van der Waals surface area contributed by atoms with Crippen molar-refractivity contribution < 1.29 is 71.4 Å². The number of carbonyl (C=O) groups excluding carboxylic acids is 6. The summed E-state index contributed by atoms with van der Waals surface area (Å²) in [6, 6.07) is 15.9. The van der Waals surface area contributed by atoms with E-state index in [0.717, 1.165) is 159 Å². The summed E-state index contributed by atoms with van der Waals surface area (Å²) in [6.45, 7) is 18.4. The van der Waals surface area contributed by atoms with Gasteiger partial charge in [-0.15, -0.1) is 0 Å². The minimum atomic E-state index is -0.749. The van der Waals surface area contributed by atoms with Crippen LogP contribution in [-0.4, -0.2) is 69.2 Å². The van der Waals surface area contributed by atoms with E-state index in [1.807, 2.05) is 48.5 Å². The highest BCUT2D eigenvalue weighted by atomic mass is 16.6. The highest BCUT2D eigenvalue weighted by Crippen LogP contribution is 2.42. The molecule has 5 rings (SSSR count). The van der Waals surface area contributed by atoms with Crippen molar-refractivity contribution in [3.8, 4) is 23.0 Å². The second kappa shape index (κ2) is 37.8. The molecule has 15 nitrogen and oxygen atoms in total. The number of Topliss-reactive ketones (excluding diaryl/α,β-unsaturated/α-hetero) is 1. The third-order valence-corrected chi connectivity index (χ3v) is 14.5. The van der Waals surface area contributed by atoms with E-state index in [2.05, 4.69) is 40.9 Å². The van der Waals surface area contributed by atoms with Gasteiger partial charge in [-0.05, 0) is 148 Å². The Bertz CT molecular complexity index is 2720. The van der Waals surface area contributed by atoms with E-state index in [1.54, 1.807) is 0 Å². The minimum absolute atomic E-state index is 0.0810. The molecule has 85 heavy (non-hydrogen) atoms. The topological polar surface area (TPSA) is 185 Å². The number of unbranched alkanes of at least 4 members (excludes halogenated alkanes) is 12. The fourth-order valence-corrected chi connectivity index (χ4v) is 10.3. The third kappa shape index (κ3) is 23.5. The van der Waals surface area contributed by atoms with E-state index < -0.39 is 36.3 Å². The van der Waals surface area contributed by atoms with Crippen LogP contribution >= 0.6 is 0 Å². The fraction of sp³-hybridized carbons (Fsp3) is 0.514. The smallest absolute Gasteiger partial charge is 0.330 e. The summed E-state index contributed by atoms with van der Waals surface area (Å²) in [5, 5.41) is 0. The molecule has 4 aromatic carbocycles. The number of methoxy groups -OCH3 is 1. The van der Waals surface area contributed by atoms with Gasteiger partial charge in [0.1, 0.15) is 68.1 Å². The number of carbonyl (C=O) groups is 6. The second-order valence-corrected chi connectivity index (χ2v) is 21.9. The van der Waals surface area contributed by atoms with E-state index in [0.29, 0.717) is 71.7 Å². The van der Waals surface area contributed by atoms with Gasteiger partial charge in [0, 0.05) is 37.8 Å². The number of rotatable bonds is 38. The Morgan fingerprint density at radius 2 is 0.635 bits per heavy atom. The second-order valence-electron chi connectivity index (χ2n) is 21.9. The summed E-state index contributed by atoms with van der Waals surface area (Å²) >= 11 is 0. The molecule has 0 aliphatic heterocycles. The first kappa shape index (κ1) is 68.4. The summed E-state index contributed by atoms with van der Waals surface area (Å²) in [5.74, 6) is -1.09. The molecule has 1 aliphatic rings. The zero-order valence-corrected chi connectivity index (χ0v) is 51.5. The molecular weight excluding hydrogens is 1080 g/mol. The Morgan fingerprint density at radius 3 is 0.871 bits per heavy atom. The monoisotopic (exact) mass is 1170 g/mol. The lowest BCUT2D eigenvalue weighted by atomic mass is 9.88. The van der Waals surface area contributed by atoms with Gasteiger partial charge in [0.05, 0.1) is 33.5 Å². The molecule has 4 aromatic rings. The third-order valence-electron chi connectivity index (χ3n) is 14.5. The van der Waals surface area contributed by atoms with Gasteiger partial charge in [0.2, 0.25) is 0 Å². The SMILES string of the molecule is C=CC(=O)OCc1cc2c(OCCCCCC)c(c1)Cc1cc(COC(=O)CC(=O)OC)cc(c1OCCCCCC)Cc1cc(COC(=O)C=C)cc(c1OCCCCCC)Cc1cc(COC(=O)CC(C)=O)cc(c1OCCCCCC)C2. The van der Waals surface area contributed by atoms with E-state index in [4.69, 9.17) is 42.6 Å². The molecule has 0 unspecified atom stereocenters. The number of hydrogen-bond donors (Lipinski definition) is 0. The molecule has 0 saturated carbocycles. The highest BCUT2D eigenvalue weighted by Gasteiger charge is 2.26. The Hall–Kier alpha value is -7.42. The fourth-order valence-electron chi connectivity index (χ4n) is 10.3. The first-order valence-electron chi connectivity index (χ1n) is 30.8. The van der Waals surface area contributed by atoms with E-state index in [1.165, 1.54) is 14.0 Å². The Morgan fingerprint density at radius 1 is 0.376 bits per heavy atom. The number of benzene rings is 4. The van der Waals surface area contributed by atoms with Crippen molar-refractivity contribution in [2.45, 2.75) is 202 Å². The maximum Gasteiger partial charge on any atom is 0.330 e. The van der Waals surface area contributed by atoms with Gasteiger partial charge >= 0.3 is 29.8 Å². The maximum atomic E-state index is 13.2. The minimum Gasteiger partial charge on any atom is -0.493 e. The Kier molecular flexibility index (Phi) is 30.4. The molecule has 0 radical (unpaired) electrons. The van der Waals surface area contributed by atoms with Crippen molar-refractivity contribution in [1.82, 2.24) is 0 Å². The molecule has 0 amide bonds. The van der Waals surface area contributed by atoms with E-state index >= 15 is 0 Å². The summed E-state index contributed by atoms with van der Waals surface area (Å²) in [6.07, 6.45) is 17.6. The Balaban J connectivity index is 1.96. The van der Waals surface area contributed by atoms with Crippen LogP contribution in [0.2, 0.25) is 0 Å². The molecule has 462 valence electrons. The van der Waals surface area contributed by atoms with Crippen molar-refractivity contribution >= 4 is 35.6 Å². The first-order chi connectivity index (χ1) is 41.2. The van der Waals surface area contributed by atoms with Crippen molar-refractivity contribution in [3.05, 3.63) is 141 Å². The number of ketones is 1. The zero-order chi connectivity index (χ0) is 61.3. The van der Waals surface area contributed by atoms with Crippen molar-refractivity contribution in [3.63, 3.8) is 0 Å². The van der Waals surface area contributed by atoms with Crippen LogP contribution in [0.1, 0.15) is 217 Å². The van der Waals surface area contributed by atoms with Gasteiger partial charge in [-0.25, -0.2) is 9.59 Å². The quantitative estimate of drug-likeness (QED) is 0.0119. The molecule has 8 bridgehead atoms. The van der Waals surface area contributed by atoms with Gasteiger partial charge in [-0.2, -0.15) is 0 Å². The van der Waals surface area contributed by atoms with Crippen molar-refractivity contribution in [1.29, 1.82) is 0 Å². The lowest BCUT2D eigenvalue weighted by molar-refractivity contribution is -0.154. The molecule has 0 N–H and O–H groups in total. The molecule has 0 saturated heterocycles. The summed E-state index contributed by atoms with van der Waals surface area (Å²) < 4.78 is 56.1. The highest BCUT2D eigenvalue weighted by molar-refractivity contribution is 5.94. The Labute approximate surface area is 504 Å². The molecule has 0 spiro atoms. The van der Waals surface area contributed by atoms with Gasteiger partial charge in [0.15, 0.2) is 0 Å². The summed E-state index contributed by atoms with van der Waals surface area (Å²) in [5.41, 5.74) is 8.81. The van der Waals surface area contributed by atoms with Crippen LogP contribution in [0, 0.1) is 0 Å².